The van der Waals surface area contributed by atoms with E-state index in [2.05, 4.69) is 62.3 Å². The molecule has 0 heterocycles. The van der Waals surface area contributed by atoms with E-state index < -0.39 is 0 Å². The summed E-state index contributed by atoms with van der Waals surface area (Å²) in [6.45, 7) is 20.6. The Morgan fingerprint density at radius 3 is 1.50 bits per heavy atom. The first-order valence-corrected chi connectivity index (χ1v) is 7.64. The standard InChI is InChI=1S/C17H36O/c1-10-13(14(18)11-2)15(17(7,8)9)12(3)16(4,5)6/h12-15,18H,10-11H2,1-9H3. The predicted octanol–water partition coefficient (Wildman–Crippen LogP) is 5.13. The van der Waals surface area contributed by atoms with E-state index in [0.717, 1.165) is 12.8 Å². The maximum Gasteiger partial charge on any atom is 0.0568 e. The largest absolute Gasteiger partial charge is 0.393 e. The van der Waals surface area contributed by atoms with Crippen molar-refractivity contribution in [1.29, 1.82) is 0 Å². The van der Waals surface area contributed by atoms with E-state index in [-0.39, 0.29) is 11.5 Å². The van der Waals surface area contributed by atoms with Crippen molar-refractivity contribution in [2.24, 2.45) is 28.6 Å². The highest BCUT2D eigenvalue weighted by Crippen LogP contribution is 2.47. The molecule has 0 aliphatic heterocycles. The molecule has 0 aromatic carbocycles. The topological polar surface area (TPSA) is 20.2 Å². The van der Waals surface area contributed by atoms with Crippen molar-refractivity contribution < 1.29 is 5.11 Å². The normalized spacial score (nSPS) is 20.3. The highest BCUT2D eigenvalue weighted by atomic mass is 16.3. The zero-order valence-corrected chi connectivity index (χ0v) is 14.2. The molecular formula is C17H36O. The second-order valence-electron chi connectivity index (χ2n) is 8.09. The van der Waals surface area contributed by atoms with Gasteiger partial charge in [0.1, 0.15) is 0 Å². The van der Waals surface area contributed by atoms with Gasteiger partial charge >= 0.3 is 0 Å². The summed E-state index contributed by atoms with van der Waals surface area (Å²) in [6, 6.07) is 0. The van der Waals surface area contributed by atoms with Crippen molar-refractivity contribution in [3.63, 3.8) is 0 Å². The fourth-order valence-electron chi connectivity index (χ4n) is 3.37. The first-order chi connectivity index (χ1) is 7.96. The van der Waals surface area contributed by atoms with Gasteiger partial charge in [-0.2, -0.15) is 0 Å². The lowest BCUT2D eigenvalue weighted by molar-refractivity contribution is -0.0291. The van der Waals surface area contributed by atoms with Gasteiger partial charge in [0.2, 0.25) is 0 Å². The van der Waals surface area contributed by atoms with Crippen LogP contribution in [0.2, 0.25) is 0 Å². The van der Waals surface area contributed by atoms with E-state index in [9.17, 15) is 5.11 Å². The average molecular weight is 256 g/mol. The van der Waals surface area contributed by atoms with Crippen molar-refractivity contribution >= 4 is 0 Å². The summed E-state index contributed by atoms with van der Waals surface area (Å²) in [5.41, 5.74) is 0.530. The molecule has 0 spiro atoms. The minimum absolute atomic E-state index is 0.163. The quantitative estimate of drug-likeness (QED) is 0.723. The SMILES string of the molecule is CCC(O)C(CC)C(C(C)C(C)(C)C)C(C)(C)C. The second kappa shape index (κ2) is 6.41. The van der Waals surface area contributed by atoms with E-state index in [1.165, 1.54) is 0 Å². The Labute approximate surface area is 115 Å². The number of hydrogen-bond acceptors (Lipinski definition) is 1. The number of aliphatic hydroxyl groups is 1. The van der Waals surface area contributed by atoms with Gasteiger partial charge in [-0.1, -0.05) is 68.7 Å². The lowest BCUT2D eigenvalue weighted by Crippen LogP contribution is -2.43. The molecule has 0 rings (SSSR count). The molecule has 1 heteroatoms. The van der Waals surface area contributed by atoms with Crippen molar-refractivity contribution in [2.75, 3.05) is 0 Å². The molecular weight excluding hydrogens is 220 g/mol. The Balaban J connectivity index is 5.35. The molecule has 0 fully saturated rings. The Kier molecular flexibility index (Phi) is 6.40. The Morgan fingerprint density at radius 2 is 1.28 bits per heavy atom. The molecule has 110 valence electrons. The fourth-order valence-corrected chi connectivity index (χ4v) is 3.37. The van der Waals surface area contributed by atoms with Crippen LogP contribution < -0.4 is 0 Å². The van der Waals surface area contributed by atoms with Crippen LogP contribution in [-0.2, 0) is 0 Å². The maximum atomic E-state index is 10.4. The fraction of sp³-hybridized carbons (Fsp3) is 1.00. The van der Waals surface area contributed by atoms with Gasteiger partial charge in [0.05, 0.1) is 6.10 Å². The monoisotopic (exact) mass is 256 g/mol. The highest BCUT2D eigenvalue weighted by Gasteiger charge is 2.41. The van der Waals surface area contributed by atoms with Gasteiger partial charge in [0.15, 0.2) is 0 Å². The van der Waals surface area contributed by atoms with E-state index in [1.54, 1.807) is 0 Å². The molecule has 0 saturated carbocycles. The third-order valence-electron chi connectivity index (χ3n) is 4.75. The summed E-state index contributed by atoms with van der Waals surface area (Å²) in [5.74, 6) is 1.56. The lowest BCUT2D eigenvalue weighted by atomic mass is 9.59. The van der Waals surface area contributed by atoms with Crippen LogP contribution in [0.15, 0.2) is 0 Å². The van der Waals surface area contributed by atoms with Gasteiger partial charge in [-0.25, -0.2) is 0 Å². The van der Waals surface area contributed by atoms with Crippen LogP contribution in [0.25, 0.3) is 0 Å². The predicted molar refractivity (Wildman–Crippen MR) is 81.6 cm³/mol. The minimum Gasteiger partial charge on any atom is -0.393 e. The summed E-state index contributed by atoms with van der Waals surface area (Å²) in [7, 11) is 0. The molecule has 18 heavy (non-hydrogen) atoms. The summed E-state index contributed by atoms with van der Waals surface area (Å²) in [6.07, 6.45) is 1.77. The van der Waals surface area contributed by atoms with Crippen LogP contribution in [0, 0.1) is 28.6 Å². The van der Waals surface area contributed by atoms with Gasteiger partial charge in [-0.15, -0.1) is 0 Å². The summed E-state index contributed by atoms with van der Waals surface area (Å²) >= 11 is 0. The third-order valence-corrected chi connectivity index (χ3v) is 4.75. The van der Waals surface area contributed by atoms with Crippen LogP contribution in [0.4, 0.5) is 0 Å². The molecule has 0 amide bonds. The Morgan fingerprint density at radius 1 is 0.833 bits per heavy atom. The van der Waals surface area contributed by atoms with Crippen molar-refractivity contribution in [2.45, 2.75) is 81.3 Å². The number of hydrogen-bond donors (Lipinski definition) is 1. The first kappa shape index (κ1) is 18.0. The van der Waals surface area contributed by atoms with Gasteiger partial charge in [-0.05, 0) is 35.0 Å². The van der Waals surface area contributed by atoms with Crippen molar-refractivity contribution in [1.82, 2.24) is 0 Å². The minimum atomic E-state index is -0.163. The van der Waals surface area contributed by atoms with Crippen LogP contribution in [0.1, 0.15) is 75.2 Å². The molecule has 0 aliphatic carbocycles. The highest BCUT2D eigenvalue weighted by molar-refractivity contribution is 4.90. The van der Waals surface area contributed by atoms with E-state index in [1.807, 2.05) is 0 Å². The number of rotatable bonds is 5. The van der Waals surface area contributed by atoms with Crippen molar-refractivity contribution in [3.05, 3.63) is 0 Å². The smallest absolute Gasteiger partial charge is 0.0568 e. The molecule has 0 bridgehead atoms. The zero-order chi connectivity index (χ0) is 14.7. The van der Waals surface area contributed by atoms with Crippen molar-refractivity contribution in [3.8, 4) is 0 Å². The lowest BCUT2D eigenvalue weighted by Gasteiger charge is -2.47. The van der Waals surface area contributed by atoms with Gasteiger partial charge in [-0.3, -0.25) is 0 Å². The molecule has 0 aromatic heterocycles. The summed E-state index contributed by atoms with van der Waals surface area (Å²) < 4.78 is 0. The van der Waals surface area contributed by atoms with Gasteiger partial charge < -0.3 is 5.11 Å². The van der Waals surface area contributed by atoms with E-state index >= 15 is 0 Å². The van der Waals surface area contributed by atoms with Crippen LogP contribution >= 0.6 is 0 Å². The Hall–Kier alpha value is -0.0400. The Bertz CT molecular complexity index is 231. The number of aliphatic hydroxyl groups excluding tert-OH is 1. The molecule has 1 N–H and O–H groups in total. The third kappa shape index (κ3) is 4.57. The summed E-state index contributed by atoms with van der Waals surface area (Å²) in [5, 5.41) is 10.4. The van der Waals surface area contributed by atoms with Crippen LogP contribution in [0.5, 0.6) is 0 Å². The van der Waals surface area contributed by atoms with Crippen LogP contribution in [-0.4, -0.2) is 11.2 Å². The van der Waals surface area contributed by atoms with Gasteiger partial charge in [0.25, 0.3) is 0 Å². The molecule has 0 aromatic rings. The molecule has 0 aliphatic rings. The first-order valence-electron chi connectivity index (χ1n) is 7.64. The van der Waals surface area contributed by atoms with E-state index in [4.69, 9.17) is 0 Å². The van der Waals surface area contributed by atoms with Crippen LogP contribution in [0.3, 0.4) is 0 Å². The second-order valence-corrected chi connectivity index (χ2v) is 8.09. The maximum absolute atomic E-state index is 10.4. The molecule has 4 unspecified atom stereocenters. The molecule has 0 radical (unpaired) electrons. The average Bonchev–Trinajstić information content (AvgIpc) is 2.20. The van der Waals surface area contributed by atoms with Gasteiger partial charge in [0, 0.05) is 0 Å². The molecule has 0 saturated heterocycles. The molecule has 4 atom stereocenters. The zero-order valence-electron chi connectivity index (χ0n) is 14.2. The molecule has 1 nitrogen and oxygen atoms in total. The van der Waals surface area contributed by atoms with E-state index in [0.29, 0.717) is 23.2 Å². The summed E-state index contributed by atoms with van der Waals surface area (Å²) in [4.78, 5) is 0.